The fourth-order valence-electron chi connectivity index (χ4n) is 1.85. The Balaban J connectivity index is 2.65. The highest BCUT2D eigenvalue weighted by Crippen LogP contribution is 2.08. The molecule has 1 rings (SSSR count). The molecule has 0 aromatic heterocycles. The van der Waals surface area contributed by atoms with E-state index in [1.807, 2.05) is 0 Å². The molecule has 0 radical (unpaired) electrons. The third kappa shape index (κ3) is 5.67. The van der Waals surface area contributed by atoms with E-state index < -0.39 is 29.7 Å². The Labute approximate surface area is 128 Å². The van der Waals surface area contributed by atoms with Gasteiger partial charge in [-0.2, -0.15) is 0 Å². The lowest BCUT2D eigenvalue weighted by molar-refractivity contribution is -0.124. The van der Waals surface area contributed by atoms with Gasteiger partial charge >= 0.3 is 6.09 Å². The van der Waals surface area contributed by atoms with E-state index in [0.717, 1.165) is 18.2 Å². The Hall–Kier alpha value is -2.18. The zero-order chi connectivity index (χ0) is 16.7. The Bertz CT molecular complexity index is 515. The van der Waals surface area contributed by atoms with Gasteiger partial charge in [0, 0.05) is 12.6 Å². The molecule has 1 unspecified atom stereocenters. The number of carbonyl (C=O) groups excluding carboxylic acids is 2. The Morgan fingerprint density at radius 2 is 1.77 bits per heavy atom. The Morgan fingerprint density at radius 3 is 2.27 bits per heavy atom. The maximum atomic E-state index is 13.1. The molecule has 2 N–H and O–H groups in total. The fraction of sp³-hybridized carbons (Fsp3) is 0.467. The molecule has 0 bridgehead atoms. The lowest BCUT2D eigenvalue weighted by Gasteiger charge is -2.21. The topological polar surface area (TPSA) is 67.4 Å². The molecule has 0 aliphatic rings. The van der Waals surface area contributed by atoms with E-state index in [2.05, 4.69) is 10.6 Å². The largest absolute Gasteiger partial charge is 0.450 e. The van der Waals surface area contributed by atoms with Gasteiger partial charge < -0.3 is 15.4 Å². The number of hydrogen-bond donors (Lipinski definition) is 2. The van der Waals surface area contributed by atoms with Crippen molar-refractivity contribution in [2.24, 2.45) is 5.92 Å². The molecule has 1 atom stereocenters. The number of rotatable bonds is 6. The van der Waals surface area contributed by atoms with E-state index in [4.69, 9.17) is 4.74 Å². The zero-order valence-corrected chi connectivity index (χ0v) is 12.8. The minimum atomic E-state index is -0.794. The molecule has 0 saturated carbocycles. The summed E-state index contributed by atoms with van der Waals surface area (Å²) in [6.07, 6.45) is -0.687. The molecule has 0 spiro atoms. The van der Waals surface area contributed by atoms with Gasteiger partial charge in [-0.05, 0) is 30.5 Å². The van der Waals surface area contributed by atoms with Crippen LogP contribution in [0.3, 0.4) is 0 Å². The number of hydrogen-bond acceptors (Lipinski definition) is 3. The fourth-order valence-corrected chi connectivity index (χ4v) is 1.85. The van der Waals surface area contributed by atoms with Gasteiger partial charge in [0.25, 0.3) is 0 Å². The third-order valence-corrected chi connectivity index (χ3v) is 2.89. The molecular weight excluding hydrogens is 294 g/mol. The molecule has 1 aromatic rings. The summed E-state index contributed by atoms with van der Waals surface area (Å²) in [6.45, 7) is 5.33. The van der Waals surface area contributed by atoms with E-state index in [-0.39, 0.29) is 19.1 Å². The van der Waals surface area contributed by atoms with Crippen molar-refractivity contribution >= 4 is 12.0 Å². The van der Waals surface area contributed by atoms with E-state index in [0.29, 0.717) is 5.56 Å². The highest BCUT2D eigenvalue weighted by atomic mass is 19.1. The summed E-state index contributed by atoms with van der Waals surface area (Å²) in [6, 6.07) is 2.22. The number of nitrogens with one attached hydrogen (secondary N) is 2. The van der Waals surface area contributed by atoms with Gasteiger partial charge in [-0.25, -0.2) is 13.6 Å². The second-order valence-electron chi connectivity index (χ2n) is 5.08. The summed E-state index contributed by atoms with van der Waals surface area (Å²) in [5.74, 6) is -2.05. The van der Waals surface area contributed by atoms with Crippen molar-refractivity contribution in [1.82, 2.24) is 10.6 Å². The summed E-state index contributed by atoms with van der Waals surface area (Å²) >= 11 is 0. The minimum Gasteiger partial charge on any atom is -0.450 e. The highest BCUT2D eigenvalue weighted by Gasteiger charge is 2.24. The second-order valence-corrected chi connectivity index (χ2v) is 5.08. The van der Waals surface area contributed by atoms with Crippen molar-refractivity contribution in [3.63, 3.8) is 0 Å². The maximum absolute atomic E-state index is 13.1. The van der Waals surface area contributed by atoms with E-state index >= 15 is 0 Å². The van der Waals surface area contributed by atoms with Crippen LogP contribution in [-0.4, -0.2) is 24.6 Å². The standard InChI is InChI=1S/C15H20F2N2O3/c1-4-22-15(21)19-13(9(2)3)14(20)18-8-10-5-11(16)7-12(17)6-10/h5-7,9,13H,4,8H2,1-3H3,(H,18,20)(H,19,21). The van der Waals surface area contributed by atoms with Gasteiger partial charge in [0.1, 0.15) is 17.7 Å². The van der Waals surface area contributed by atoms with Crippen molar-refractivity contribution in [3.05, 3.63) is 35.4 Å². The molecule has 2 amide bonds. The number of carbonyl (C=O) groups is 2. The number of ether oxygens (including phenoxy) is 1. The number of alkyl carbamates (subject to hydrolysis) is 1. The number of halogens is 2. The molecule has 5 nitrogen and oxygen atoms in total. The van der Waals surface area contributed by atoms with Gasteiger partial charge in [0.05, 0.1) is 6.61 Å². The average molecular weight is 314 g/mol. The van der Waals surface area contributed by atoms with Crippen molar-refractivity contribution in [2.75, 3.05) is 6.61 Å². The molecule has 0 heterocycles. The van der Waals surface area contributed by atoms with Gasteiger partial charge in [0.15, 0.2) is 0 Å². The molecule has 7 heteroatoms. The normalized spacial score (nSPS) is 11.9. The lowest BCUT2D eigenvalue weighted by atomic mass is 10.0. The first-order valence-corrected chi connectivity index (χ1v) is 6.99. The Morgan fingerprint density at radius 1 is 1.18 bits per heavy atom. The van der Waals surface area contributed by atoms with Crippen LogP contribution in [0, 0.1) is 17.6 Å². The first kappa shape index (κ1) is 17.9. The van der Waals surface area contributed by atoms with E-state index in [9.17, 15) is 18.4 Å². The minimum absolute atomic E-state index is 0.0404. The van der Waals surface area contributed by atoms with Crippen LogP contribution in [-0.2, 0) is 16.1 Å². The van der Waals surface area contributed by atoms with Crippen LogP contribution in [0.4, 0.5) is 13.6 Å². The van der Waals surface area contributed by atoms with Crippen LogP contribution in [0.5, 0.6) is 0 Å². The third-order valence-electron chi connectivity index (χ3n) is 2.89. The Kier molecular flexibility index (Phi) is 6.75. The number of amides is 2. The summed E-state index contributed by atoms with van der Waals surface area (Å²) in [5.41, 5.74) is 0.296. The summed E-state index contributed by atoms with van der Waals surface area (Å²) in [7, 11) is 0. The molecule has 0 fully saturated rings. The van der Waals surface area contributed by atoms with Crippen LogP contribution in [0.15, 0.2) is 18.2 Å². The van der Waals surface area contributed by atoms with Crippen LogP contribution in [0.2, 0.25) is 0 Å². The molecule has 1 aromatic carbocycles. The van der Waals surface area contributed by atoms with Crippen LogP contribution in [0.1, 0.15) is 26.3 Å². The maximum Gasteiger partial charge on any atom is 0.407 e. The van der Waals surface area contributed by atoms with Gasteiger partial charge in [-0.3, -0.25) is 4.79 Å². The first-order chi connectivity index (χ1) is 10.3. The quantitative estimate of drug-likeness (QED) is 0.847. The van der Waals surface area contributed by atoms with Crippen molar-refractivity contribution < 1.29 is 23.1 Å². The summed E-state index contributed by atoms with van der Waals surface area (Å²) in [4.78, 5) is 23.5. The predicted octanol–water partition coefficient (Wildman–Crippen LogP) is 2.35. The van der Waals surface area contributed by atoms with E-state index in [1.165, 1.54) is 0 Å². The molecule has 0 aliphatic carbocycles. The van der Waals surface area contributed by atoms with Gasteiger partial charge in [-0.1, -0.05) is 13.8 Å². The van der Waals surface area contributed by atoms with Crippen molar-refractivity contribution in [3.8, 4) is 0 Å². The van der Waals surface area contributed by atoms with Crippen LogP contribution >= 0.6 is 0 Å². The van der Waals surface area contributed by atoms with Crippen molar-refractivity contribution in [2.45, 2.75) is 33.4 Å². The van der Waals surface area contributed by atoms with Crippen molar-refractivity contribution in [1.29, 1.82) is 0 Å². The van der Waals surface area contributed by atoms with Crippen LogP contribution < -0.4 is 10.6 Å². The smallest absolute Gasteiger partial charge is 0.407 e. The monoisotopic (exact) mass is 314 g/mol. The SMILES string of the molecule is CCOC(=O)NC(C(=O)NCc1cc(F)cc(F)c1)C(C)C. The molecule has 0 aliphatic heterocycles. The molecule has 0 saturated heterocycles. The summed E-state index contributed by atoms with van der Waals surface area (Å²) < 4.78 is 30.9. The zero-order valence-electron chi connectivity index (χ0n) is 12.8. The average Bonchev–Trinajstić information content (AvgIpc) is 2.41. The predicted molar refractivity (Wildman–Crippen MR) is 77.0 cm³/mol. The lowest BCUT2D eigenvalue weighted by Crippen LogP contribution is -2.49. The molecule has 22 heavy (non-hydrogen) atoms. The van der Waals surface area contributed by atoms with Crippen LogP contribution in [0.25, 0.3) is 0 Å². The molecular formula is C15H20F2N2O3. The van der Waals surface area contributed by atoms with E-state index in [1.54, 1.807) is 20.8 Å². The number of benzene rings is 1. The molecule has 122 valence electrons. The highest BCUT2D eigenvalue weighted by molar-refractivity contribution is 5.85. The first-order valence-electron chi connectivity index (χ1n) is 6.99. The summed E-state index contributed by atoms with van der Waals surface area (Å²) in [5, 5.41) is 4.99. The van der Waals surface area contributed by atoms with Gasteiger partial charge in [-0.15, -0.1) is 0 Å². The van der Waals surface area contributed by atoms with Gasteiger partial charge in [0.2, 0.25) is 5.91 Å². The second kappa shape index (κ2) is 8.31.